The molecular weight excluding hydrogens is 172 g/mol. The molecule has 1 unspecified atom stereocenters. The molecule has 2 nitrogen and oxygen atoms in total. The molecule has 3 fully saturated rings. The van der Waals surface area contributed by atoms with Crippen LogP contribution in [0.15, 0.2) is 0 Å². The highest BCUT2D eigenvalue weighted by molar-refractivity contribution is 5.03. The fraction of sp³-hybridized carbons (Fsp3) is 1.00. The van der Waals surface area contributed by atoms with Gasteiger partial charge >= 0.3 is 0 Å². The molecule has 1 N–H and O–H groups in total. The van der Waals surface area contributed by atoms with Crippen molar-refractivity contribution in [2.75, 3.05) is 19.6 Å². The molecule has 0 radical (unpaired) electrons. The molecule has 1 saturated heterocycles. The fourth-order valence-electron chi connectivity index (χ4n) is 2.96. The van der Waals surface area contributed by atoms with Crippen molar-refractivity contribution in [3.8, 4) is 0 Å². The maximum atomic E-state index is 3.79. The second-order valence-electron chi connectivity index (χ2n) is 5.67. The Bertz CT molecular complexity index is 220. The Hall–Kier alpha value is -0.0800. The van der Waals surface area contributed by atoms with Crippen LogP contribution in [0.3, 0.4) is 0 Å². The topological polar surface area (TPSA) is 15.3 Å². The lowest BCUT2D eigenvalue weighted by Crippen LogP contribution is -2.51. The van der Waals surface area contributed by atoms with E-state index in [1.54, 1.807) is 0 Å². The summed E-state index contributed by atoms with van der Waals surface area (Å²) in [7, 11) is 0. The molecular formula is C12H22N2. The maximum absolute atomic E-state index is 3.79. The van der Waals surface area contributed by atoms with Gasteiger partial charge in [-0.3, -0.25) is 4.90 Å². The summed E-state index contributed by atoms with van der Waals surface area (Å²) in [6, 6.07) is 0.952. The van der Waals surface area contributed by atoms with Gasteiger partial charge in [-0.2, -0.15) is 0 Å². The highest BCUT2D eigenvalue weighted by Crippen LogP contribution is 2.42. The van der Waals surface area contributed by atoms with Gasteiger partial charge in [0.2, 0.25) is 0 Å². The first-order chi connectivity index (χ1) is 6.78. The molecule has 0 aromatic carbocycles. The summed E-state index contributed by atoms with van der Waals surface area (Å²) >= 11 is 0. The predicted molar refractivity (Wildman–Crippen MR) is 58.3 cm³/mol. The summed E-state index contributed by atoms with van der Waals surface area (Å²) in [4.78, 5) is 2.75. The Kier molecular flexibility index (Phi) is 2.10. The molecule has 1 aliphatic heterocycles. The van der Waals surface area contributed by atoms with Crippen LogP contribution in [0.25, 0.3) is 0 Å². The van der Waals surface area contributed by atoms with Crippen LogP contribution in [0.2, 0.25) is 0 Å². The van der Waals surface area contributed by atoms with Gasteiger partial charge in [0.25, 0.3) is 0 Å². The van der Waals surface area contributed by atoms with E-state index in [0.29, 0.717) is 5.54 Å². The van der Waals surface area contributed by atoms with Gasteiger partial charge in [0, 0.05) is 18.1 Å². The van der Waals surface area contributed by atoms with Crippen LogP contribution in [0.5, 0.6) is 0 Å². The van der Waals surface area contributed by atoms with E-state index in [9.17, 15) is 0 Å². The number of hydrogen-bond acceptors (Lipinski definition) is 2. The Morgan fingerprint density at radius 2 is 2.00 bits per heavy atom. The van der Waals surface area contributed by atoms with Crippen molar-refractivity contribution < 1.29 is 0 Å². The van der Waals surface area contributed by atoms with E-state index >= 15 is 0 Å². The highest BCUT2D eigenvalue weighted by Gasteiger charge is 2.45. The third kappa shape index (κ3) is 1.70. The normalized spacial score (nSPS) is 40.9. The zero-order chi connectivity index (χ0) is 9.60. The largest absolute Gasteiger partial charge is 0.310 e. The average Bonchev–Trinajstić information content (AvgIpc) is 3.04. The van der Waals surface area contributed by atoms with Crippen molar-refractivity contribution in [2.24, 2.45) is 5.92 Å². The summed E-state index contributed by atoms with van der Waals surface area (Å²) < 4.78 is 0. The molecule has 0 spiro atoms. The highest BCUT2D eigenvalue weighted by atomic mass is 15.2. The first-order valence-electron chi connectivity index (χ1n) is 6.27. The Labute approximate surface area is 87.0 Å². The third-order valence-electron chi connectivity index (χ3n) is 4.22. The minimum absolute atomic E-state index is 0.444. The van der Waals surface area contributed by atoms with Gasteiger partial charge in [-0.25, -0.2) is 0 Å². The average molecular weight is 194 g/mol. The lowest BCUT2D eigenvalue weighted by Gasteiger charge is -2.34. The summed E-state index contributed by atoms with van der Waals surface area (Å²) in [5.41, 5.74) is 0.444. The Morgan fingerprint density at radius 1 is 1.21 bits per heavy atom. The molecule has 1 atom stereocenters. The smallest absolute Gasteiger partial charge is 0.0308 e. The molecule has 2 aliphatic carbocycles. The Morgan fingerprint density at radius 3 is 2.64 bits per heavy atom. The first kappa shape index (κ1) is 9.17. The van der Waals surface area contributed by atoms with Crippen molar-refractivity contribution in [1.82, 2.24) is 10.2 Å². The van der Waals surface area contributed by atoms with Gasteiger partial charge in [-0.1, -0.05) is 0 Å². The standard InChI is InChI=1S/C12H22N2/c1-12(10-3-4-10)9-14(11-5-6-11)8-2-7-13-12/h10-11,13H,2-9H2,1H3. The van der Waals surface area contributed by atoms with Crippen molar-refractivity contribution in [3.05, 3.63) is 0 Å². The van der Waals surface area contributed by atoms with E-state index in [4.69, 9.17) is 0 Å². The molecule has 3 aliphatic rings. The Balaban J connectivity index is 1.70. The summed E-state index contributed by atoms with van der Waals surface area (Å²) in [5.74, 6) is 0.974. The molecule has 80 valence electrons. The first-order valence-corrected chi connectivity index (χ1v) is 6.27. The van der Waals surface area contributed by atoms with Crippen LogP contribution in [0.1, 0.15) is 39.0 Å². The quantitative estimate of drug-likeness (QED) is 0.718. The molecule has 1 heterocycles. The SMILES string of the molecule is CC1(C2CC2)CN(C2CC2)CCCN1. The van der Waals surface area contributed by atoms with Crippen LogP contribution in [0, 0.1) is 5.92 Å². The molecule has 2 saturated carbocycles. The monoisotopic (exact) mass is 194 g/mol. The number of nitrogens with zero attached hydrogens (tertiary/aromatic N) is 1. The van der Waals surface area contributed by atoms with Crippen LogP contribution < -0.4 is 5.32 Å². The summed E-state index contributed by atoms with van der Waals surface area (Å²) in [6.45, 7) is 6.32. The molecule has 14 heavy (non-hydrogen) atoms. The van der Waals surface area contributed by atoms with Crippen molar-refractivity contribution in [3.63, 3.8) is 0 Å². The summed E-state index contributed by atoms with van der Waals surface area (Å²) in [5, 5.41) is 3.79. The molecule has 2 heteroatoms. The second-order valence-corrected chi connectivity index (χ2v) is 5.67. The van der Waals surface area contributed by atoms with E-state index in [0.717, 1.165) is 12.0 Å². The number of rotatable bonds is 2. The lowest BCUT2D eigenvalue weighted by molar-refractivity contribution is 0.194. The van der Waals surface area contributed by atoms with Gasteiger partial charge in [0.05, 0.1) is 0 Å². The van der Waals surface area contributed by atoms with E-state index in [1.165, 1.54) is 51.7 Å². The molecule has 0 bridgehead atoms. The van der Waals surface area contributed by atoms with Crippen LogP contribution in [-0.2, 0) is 0 Å². The molecule has 3 rings (SSSR count). The van der Waals surface area contributed by atoms with Gasteiger partial charge in [0.15, 0.2) is 0 Å². The van der Waals surface area contributed by atoms with Gasteiger partial charge < -0.3 is 5.32 Å². The van der Waals surface area contributed by atoms with Crippen molar-refractivity contribution >= 4 is 0 Å². The van der Waals surface area contributed by atoms with Crippen LogP contribution in [-0.4, -0.2) is 36.1 Å². The number of hydrogen-bond donors (Lipinski definition) is 1. The molecule has 0 aromatic heterocycles. The van der Waals surface area contributed by atoms with Crippen LogP contribution in [0.4, 0.5) is 0 Å². The van der Waals surface area contributed by atoms with Gasteiger partial charge in [-0.15, -0.1) is 0 Å². The maximum Gasteiger partial charge on any atom is 0.0308 e. The zero-order valence-electron chi connectivity index (χ0n) is 9.26. The van der Waals surface area contributed by atoms with Gasteiger partial charge in [0.1, 0.15) is 0 Å². The fourth-order valence-corrected chi connectivity index (χ4v) is 2.96. The van der Waals surface area contributed by atoms with Crippen molar-refractivity contribution in [1.29, 1.82) is 0 Å². The van der Waals surface area contributed by atoms with E-state index in [2.05, 4.69) is 17.1 Å². The number of nitrogens with one attached hydrogen (secondary N) is 1. The summed E-state index contributed by atoms with van der Waals surface area (Å²) in [6.07, 6.45) is 7.18. The zero-order valence-corrected chi connectivity index (χ0v) is 9.26. The third-order valence-corrected chi connectivity index (χ3v) is 4.22. The predicted octanol–water partition coefficient (Wildman–Crippen LogP) is 1.61. The van der Waals surface area contributed by atoms with Gasteiger partial charge in [-0.05, 0) is 58.0 Å². The molecule has 0 aromatic rings. The van der Waals surface area contributed by atoms with E-state index < -0.39 is 0 Å². The van der Waals surface area contributed by atoms with Crippen LogP contribution >= 0.6 is 0 Å². The second kappa shape index (κ2) is 3.21. The minimum Gasteiger partial charge on any atom is -0.310 e. The van der Waals surface area contributed by atoms with E-state index in [1.807, 2.05) is 0 Å². The van der Waals surface area contributed by atoms with E-state index in [-0.39, 0.29) is 0 Å². The van der Waals surface area contributed by atoms with Crippen molar-refractivity contribution in [2.45, 2.75) is 50.6 Å². The lowest BCUT2D eigenvalue weighted by atomic mass is 9.95. The molecule has 0 amide bonds. The minimum atomic E-state index is 0.444.